The second-order valence-electron chi connectivity index (χ2n) is 9.23. The minimum absolute atomic E-state index is 0.0575. The number of fused-ring (bicyclic) bond motifs is 1. The van der Waals surface area contributed by atoms with Crippen LogP contribution in [0.4, 0.5) is 23.4 Å². The van der Waals surface area contributed by atoms with Gasteiger partial charge in [-0.2, -0.15) is 13.2 Å². The molecular formula is C21H25F4N5. The highest BCUT2D eigenvalue weighted by Crippen LogP contribution is 2.66. The van der Waals surface area contributed by atoms with Crippen molar-refractivity contribution in [2.45, 2.75) is 38.4 Å². The van der Waals surface area contributed by atoms with E-state index in [1.54, 1.807) is 0 Å². The van der Waals surface area contributed by atoms with Crippen LogP contribution in [0.15, 0.2) is 18.5 Å². The van der Waals surface area contributed by atoms with E-state index in [1.807, 2.05) is 6.20 Å². The van der Waals surface area contributed by atoms with Crippen LogP contribution in [0.1, 0.15) is 37.2 Å². The Hall–Kier alpha value is -2.16. The third-order valence-corrected chi connectivity index (χ3v) is 7.01. The van der Waals surface area contributed by atoms with Crippen LogP contribution < -0.4 is 5.73 Å². The first-order chi connectivity index (χ1) is 14.2. The van der Waals surface area contributed by atoms with Crippen molar-refractivity contribution in [3.8, 4) is 11.3 Å². The fourth-order valence-corrected chi connectivity index (χ4v) is 5.17. The zero-order valence-electron chi connectivity index (χ0n) is 16.8. The molecule has 3 aliphatic rings. The highest BCUT2D eigenvalue weighted by Gasteiger charge is 2.67. The SMILES string of the molecule is CC12CN(CCF)C[C@@H]1[C@H]2n1cc(-c2cnc(N)c(C(F)(F)F)c2)nc1CC1CC1. The Bertz CT molecular complexity index is 967. The molecule has 1 aliphatic heterocycles. The molecule has 1 unspecified atom stereocenters. The topological polar surface area (TPSA) is 60.0 Å². The van der Waals surface area contributed by atoms with E-state index in [0.29, 0.717) is 29.6 Å². The van der Waals surface area contributed by atoms with Crippen LogP contribution in [0.3, 0.4) is 0 Å². The summed E-state index contributed by atoms with van der Waals surface area (Å²) in [5.74, 6) is 1.42. The smallest absolute Gasteiger partial charge is 0.383 e. The van der Waals surface area contributed by atoms with E-state index in [9.17, 15) is 17.6 Å². The minimum atomic E-state index is -4.56. The molecule has 0 amide bonds. The first-order valence-electron chi connectivity index (χ1n) is 10.4. The Morgan fingerprint density at radius 3 is 2.67 bits per heavy atom. The lowest BCUT2D eigenvalue weighted by Crippen LogP contribution is -2.29. The minimum Gasteiger partial charge on any atom is -0.383 e. The molecule has 2 N–H and O–H groups in total. The van der Waals surface area contributed by atoms with Gasteiger partial charge in [0.25, 0.3) is 0 Å². The first-order valence-corrected chi connectivity index (χ1v) is 10.4. The van der Waals surface area contributed by atoms with E-state index >= 15 is 0 Å². The number of halogens is 4. The van der Waals surface area contributed by atoms with E-state index in [-0.39, 0.29) is 18.1 Å². The highest BCUT2D eigenvalue weighted by atomic mass is 19.4. The molecule has 0 spiro atoms. The fourth-order valence-electron chi connectivity index (χ4n) is 5.17. The van der Waals surface area contributed by atoms with Crippen LogP contribution >= 0.6 is 0 Å². The van der Waals surface area contributed by atoms with Gasteiger partial charge in [-0.15, -0.1) is 0 Å². The summed E-state index contributed by atoms with van der Waals surface area (Å²) in [6.07, 6.45) is 1.84. The average Bonchev–Trinajstić information content (AvgIpc) is 3.48. The van der Waals surface area contributed by atoms with Crippen LogP contribution in [0.2, 0.25) is 0 Å². The van der Waals surface area contributed by atoms with Crippen LogP contribution in [-0.2, 0) is 12.6 Å². The van der Waals surface area contributed by atoms with E-state index in [4.69, 9.17) is 10.7 Å². The lowest BCUT2D eigenvalue weighted by molar-refractivity contribution is -0.137. The summed E-state index contributed by atoms with van der Waals surface area (Å²) in [7, 11) is 0. The number of nitrogens with zero attached hydrogens (tertiary/aromatic N) is 4. The molecule has 162 valence electrons. The standard InChI is InChI=1S/C21H25F4N5/c1-20-11-29(5-4-22)9-15(20)18(20)30-10-16(28-17(30)6-12-2-3-12)13-7-14(21(23,24)25)19(26)27-8-13/h7-8,10,12,15,18H,2-6,9,11H2,1H3,(H2,26,27)/t15-,18-,20?/m1/s1. The van der Waals surface area contributed by atoms with Gasteiger partial charge < -0.3 is 10.3 Å². The number of hydrogen-bond donors (Lipinski definition) is 1. The molecule has 9 heteroatoms. The Kier molecular flexibility index (Phi) is 4.40. The number of aromatic nitrogens is 3. The predicted octanol–water partition coefficient (Wildman–Crippen LogP) is 3.96. The normalized spacial score (nSPS) is 28.7. The van der Waals surface area contributed by atoms with Crippen molar-refractivity contribution in [3.05, 3.63) is 29.8 Å². The molecule has 0 aromatic carbocycles. The van der Waals surface area contributed by atoms with Gasteiger partial charge in [-0.3, -0.25) is 4.90 Å². The number of hydrogen-bond acceptors (Lipinski definition) is 4. The molecule has 5 nitrogen and oxygen atoms in total. The van der Waals surface area contributed by atoms with Crippen molar-refractivity contribution in [1.29, 1.82) is 0 Å². The summed E-state index contributed by atoms with van der Waals surface area (Å²) in [6.45, 7) is 4.02. The molecule has 3 fully saturated rings. The maximum atomic E-state index is 13.3. The Morgan fingerprint density at radius 2 is 2.07 bits per heavy atom. The summed E-state index contributed by atoms with van der Waals surface area (Å²) in [5, 5.41) is 0. The van der Waals surface area contributed by atoms with Crippen molar-refractivity contribution in [3.63, 3.8) is 0 Å². The Balaban J connectivity index is 1.47. The van der Waals surface area contributed by atoms with Gasteiger partial charge in [0.05, 0.1) is 11.3 Å². The number of nitrogens with two attached hydrogens (primary N) is 1. The monoisotopic (exact) mass is 423 g/mol. The highest BCUT2D eigenvalue weighted by molar-refractivity contribution is 5.62. The molecule has 0 bridgehead atoms. The van der Waals surface area contributed by atoms with Crippen LogP contribution in [0.25, 0.3) is 11.3 Å². The van der Waals surface area contributed by atoms with Crippen molar-refractivity contribution >= 4 is 5.82 Å². The predicted molar refractivity (Wildman–Crippen MR) is 104 cm³/mol. The number of piperidine rings is 1. The maximum Gasteiger partial charge on any atom is 0.419 e. The fraction of sp³-hybridized carbons (Fsp3) is 0.619. The summed E-state index contributed by atoms with van der Waals surface area (Å²) >= 11 is 0. The molecule has 1 saturated heterocycles. The number of likely N-dealkylation sites (tertiary alicyclic amines) is 1. The van der Waals surface area contributed by atoms with Crippen LogP contribution in [0, 0.1) is 17.3 Å². The number of imidazole rings is 1. The molecule has 3 heterocycles. The number of alkyl halides is 4. The van der Waals surface area contributed by atoms with Gasteiger partial charge in [0, 0.05) is 61.4 Å². The third-order valence-electron chi connectivity index (χ3n) is 7.01. The average molecular weight is 423 g/mol. The number of rotatable bonds is 6. The molecule has 5 rings (SSSR count). The van der Waals surface area contributed by atoms with Gasteiger partial charge in [0.1, 0.15) is 18.3 Å². The van der Waals surface area contributed by atoms with Crippen molar-refractivity contribution in [1.82, 2.24) is 19.4 Å². The zero-order chi connectivity index (χ0) is 21.3. The van der Waals surface area contributed by atoms with E-state index in [0.717, 1.165) is 31.4 Å². The molecule has 2 aromatic rings. The zero-order valence-corrected chi connectivity index (χ0v) is 16.8. The molecular weight excluding hydrogens is 398 g/mol. The van der Waals surface area contributed by atoms with Gasteiger partial charge in [-0.05, 0) is 24.8 Å². The van der Waals surface area contributed by atoms with Crippen LogP contribution in [-0.4, -0.2) is 45.7 Å². The van der Waals surface area contributed by atoms with Gasteiger partial charge >= 0.3 is 6.18 Å². The molecule has 3 atom stereocenters. The molecule has 30 heavy (non-hydrogen) atoms. The van der Waals surface area contributed by atoms with E-state index in [1.165, 1.54) is 19.0 Å². The summed E-state index contributed by atoms with van der Waals surface area (Å²) < 4.78 is 54.7. The number of pyridine rings is 1. The van der Waals surface area contributed by atoms with Crippen molar-refractivity contribution < 1.29 is 17.6 Å². The van der Waals surface area contributed by atoms with E-state index in [2.05, 4.69) is 21.4 Å². The quantitative estimate of drug-likeness (QED) is 0.715. The molecule has 2 aromatic heterocycles. The van der Waals surface area contributed by atoms with E-state index < -0.39 is 17.6 Å². The van der Waals surface area contributed by atoms with Gasteiger partial charge in [-0.1, -0.05) is 6.92 Å². The maximum absolute atomic E-state index is 13.3. The summed E-state index contributed by atoms with van der Waals surface area (Å²) in [5.41, 5.74) is 5.39. The Labute approximate surface area is 172 Å². The third kappa shape index (κ3) is 3.27. The molecule has 0 radical (unpaired) electrons. The van der Waals surface area contributed by atoms with Gasteiger partial charge in [0.2, 0.25) is 0 Å². The number of nitrogen functional groups attached to an aromatic ring is 1. The lowest BCUT2D eigenvalue weighted by Gasteiger charge is -2.22. The summed E-state index contributed by atoms with van der Waals surface area (Å²) in [6, 6.07) is 1.29. The van der Waals surface area contributed by atoms with Crippen molar-refractivity contribution in [2.75, 3.05) is 32.0 Å². The van der Waals surface area contributed by atoms with Gasteiger partial charge in [0.15, 0.2) is 0 Å². The molecule has 2 saturated carbocycles. The first kappa shape index (κ1) is 19.8. The van der Waals surface area contributed by atoms with Gasteiger partial charge in [-0.25, -0.2) is 14.4 Å². The summed E-state index contributed by atoms with van der Waals surface area (Å²) in [4.78, 5) is 10.6. The molecule has 2 aliphatic carbocycles. The van der Waals surface area contributed by atoms with Crippen molar-refractivity contribution in [2.24, 2.45) is 17.3 Å². The second kappa shape index (κ2) is 6.67. The largest absolute Gasteiger partial charge is 0.419 e. The Morgan fingerprint density at radius 1 is 1.30 bits per heavy atom. The number of anilines is 1. The van der Waals surface area contributed by atoms with Crippen LogP contribution in [0.5, 0.6) is 0 Å². The second-order valence-corrected chi connectivity index (χ2v) is 9.23. The lowest BCUT2D eigenvalue weighted by atomic mass is 10.1.